The highest BCUT2D eigenvalue weighted by Crippen LogP contribution is 2.39. The number of ether oxygens (including phenoxy) is 1. The fourth-order valence-electron chi connectivity index (χ4n) is 4.00. The number of carbonyl (C=O) groups excluding carboxylic acids is 1. The van der Waals surface area contributed by atoms with E-state index < -0.39 is 5.82 Å². The van der Waals surface area contributed by atoms with Gasteiger partial charge in [-0.25, -0.2) is 9.37 Å². The number of nitrogens with zero attached hydrogens (tertiary/aromatic N) is 3. The van der Waals surface area contributed by atoms with Crippen LogP contribution in [-0.2, 0) is 17.8 Å². The molecule has 0 aliphatic carbocycles. The summed E-state index contributed by atoms with van der Waals surface area (Å²) in [5.41, 5.74) is 2.45. The van der Waals surface area contributed by atoms with Crippen molar-refractivity contribution in [1.29, 1.82) is 0 Å². The van der Waals surface area contributed by atoms with Gasteiger partial charge in [0.2, 0.25) is 5.91 Å². The fraction of sp³-hybridized carbons (Fsp3) is 0.103. The topological polar surface area (TPSA) is 81.1 Å². The molecule has 0 aliphatic heterocycles. The van der Waals surface area contributed by atoms with Crippen molar-refractivity contribution < 1.29 is 13.9 Å². The van der Waals surface area contributed by atoms with E-state index in [2.05, 4.69) is 26.5 Å². The zero-order valence-electron chi connectivity index (χ0n) is 20.8. The lowest BCUT2D eigenvalue weighted by Crippen LogP contribution is -2.35. The van der Waals surface area contributed by atoms with Crippen LogP contribution in [0.25, 0.3) is 20.9 Å². The van der Waals surface area contributed by atoms with Crippen molar-refractivity contribution >= 4 is 50.5 Å². The van der Waals surface area contributed by atoms with Crippen molar-refractivity contribution in [2.75, 3.05) is 5.32 Å². The van der Waals surface area contributed by atoms with Gasteiger partial charge in [-0.2, -0.15) is 0 Å². The largest absolute Gasteiger partial charge is 0.453 e. The summed E-state index contributed by atoms with van der Waals surface area (Å²) in [6.07, 6.45) is 10.9. The minimum atomic E-state index is -0.597. The molecule has 5 rings (SSSR count). The highest BCUT2D eigenvalue weighted by molar-refractivity contribution is 7.80. The van der Waals surface area contributed by atoms with Crippen molar-refractivity contribution in [3.05, 3.63) is 90.1 Å². The molecule has 0 saturated carbocycles. The van der Waals surface area contributed by atoms with Gasteiger partial charge in [0.15, 0.2) is 16.7 Å². The van der Waals surface area contributed by atoms with E-state index in [0.29, 0.717) is 22.6 Å². The Morgan fingerprint density at radius 2 is 2.00 bits per heavy atom. The zero-order valence-corrected chi connectivity index (χ0v) is 22.4. The van der Waals surface area contributed by atoms with Crippen LogP contribution in [0.4, 0.5) is 10.1 Å². The quantitative estimate of drug-likeness (QED) is 0.185. The molecule has 7 nitrogen and oxygen atoms in total. The number of benzene rings is 2. The Balaban J connectivity index is 1.27. The van der Waals surface area contributed by atoms with Crippen LogP contribution in [0.2, 0.25) is 0 Å². The van der Waals surface area contributed by atoms with E-state index in [9.17, 15) is 4.79 Å². The number of imidazole rings is 1. The minimum absolute atomic E-state index is 0.0404. The van der Waals surface area contributed by atoms with Crippen molar-refractivity contribution in [3.8, 4) is 34.5 Å². The fourth-order valence-corrected chi connectivity index (χ4v) is 5.31. The molecular formula is C29H22FN5O2S2. The Labute approximate surface area is 233 Å². The number of rotatable bonds is 7. The van der Waals surface area contributed by atoms with Gasteiger partial charge in [0.1, 0.15) is 11.6 Å². The van der Waals surface area contributed by atoms with Crippen LogP contribution >= 0.6 is 23.6 Å². The molecule has 0 fully saturated rings. The zero-order chi connectivity index (χ0) is 27.4. The summed E-state index contributed by atoms with van der Waals surface area (Å²) in [5, 5.41) is 5.46. The van der Waals surface area contributed by atoms with Gasteiger partial charge in [0, 0.05) is 48.5 Å². The van der Waals surface area contributed by atoms with Gasteiger partial charge >= 0.3 is 0 Å². The summed E-state index contributed by atoms with van der Waals surface area (Å²) in [6.45, 7) is 2.84. The van der Waals surface area contributed by atoms with Crippen LogP contribution in [0.5, 0.6) is 11.5 Å². The molecule has 0 bridgehead atoms. The molecule has 3 heterocycles. The summed E-state index contributed by atoms with van der Waals surface area (Å²) in [7, 11) is 0. The Morgan fingerprint density at radius 3 is 2.79 bits per heavy atom. The number of nitrogens with one attached hydrogen (secondary N) is 2. The predicted octanol–water partition coefficient (Wildman–Crippen LogP) is 6.15. The number of carbonyl (C=O) groups is 1. The number of fused-ring (bicyclic) bond motifs is 1. The first kappa shape index (κ1) is 26.0. The number of aromatic nitrogens is 3. The van der Waals surface area contributed by atoms with Crippen LogP contribution in [-0.4, -0.2) is 25.6 Å². The molecule has 0 atom stereocenters. The van der Waals surface area contributed by atoms with Crippen LogP contribution in [0.15, 0.2) is 73.2 Å². The summed E-state index contributed by atoms with van der Waals surface area (Å²) >= 11 is 6.71. The van der Waals surface area contributed by atoms with Crippen LogP contribution in [0.1, 0.15) is 18.1 Å². The minimum Gasteiger partial charge on any atom is -0.453 e. The Kier molecular flexibility index (Phi) is 7.63. The molecular weight excluding hydrogens is 533 g/mol. The van der Waals surface area contributed by atoms with Crippen LogP contribution in [0.3, 0.4) is 0 Å². The lowest BCUT2D eigenvalue weighted by atomic mass is 10.1. The van der Waals surface area contributed by atoms with E-state index in [1.165, 1.54) is 23.5 Å². The van der Waals surface area contributed by atoms with Crippen molar-refractivity contribution in [3.63, 3.8) is 0 Å². The third-order valence-corrected chi connectivity index (χ3v) is 7.18. The third-order valence-electron chi connectivity index (χ3n) is 5.84. The van der Waals surface area contributed by atoms with E-state index in [1.807, 2.05) is 35.9 Å². The van der Waals surface area contributed by atoms with Gasteiger partial charge in [-0.3, -0.25) is 9.78 Å². The molecule has 10 heteroatoms. The number of anilines is 1. The molecule has 0 saturated heterocycles. The second kappa shape index (κ2) is 11.4. The number of pyridine rings is 1. The molecule has 194 valence electrons. The van der Waals surface area contributed by atoms with Crippen LogP contribution < -0.4 is 15.4 Å². The maximum atomic E-state index is 15.0. The Hall–Kier alpha value is -4.59. The van der Waals surface area contributed by atoms with Crippen molar-refractivity contribution in [2.24, 2.45) is 0 Å². The van der Waals surface area contributed by atoms with Crippen molar-refractivity contribution in [2.45, 2.75) is 19.9 Å². The first-order valence-corrected chi connectivity index (χ1v) is 13.2. The maximum Gasteiger partial charge on any atom is 0.230 e. The Morgan fingerprint density at radius 1 is 1.15 bits per heavy atom. The number of terminal acetylenes is 1. The summed E-state index contributed by atoms with van der Waals surface area (Å²) in [5.74, 6) is 2.99. The van der Waals surface area contributed by atoms with E-state index in [4.69, 9.17) is 23.4 Å². The number of aryl methyl sites for hydroxylation is 1. The van der Waals surface area contributed by atoms with Gasteiger partial charge in [-0.05, 0) is 49.0 Å². The summed E-state index contributed by atoms with van der Waals surface area (Å²) in [4.78, 5) is 22.2. The molecule has 1 amide bonds. The highest BCUT2D eigenvalue weighted by atomic mass is 32.1. The molecule has 2 aromatic carbocycles. The first-order chi connectivity index (χ1) is 18.9. The Bertz CT molecular complexity index is 1740. The van der Waals surface area contributed by atoms with Gasteiger partial charge in [0.05, 0.1) is 21.5 Å². The number of thiophene rings is 1. The molecule has 2 N–H and O–H groups in total. The van der Waals surface area contributed by atoms with E-state index in [0.717, 1.165) is 27.5 Å². The summed E-state index contributed by atoms with van der Waals surface area (Å²) in [6, 6.07) is 15.2. The number of amides is 1. The van der Waals surface area contributed by atoms with Gasteiger partial charge in [0.25, 0.3) is 0 Å². The SMILES string of the molecule is C#Cc1ccccc1CC(=O)NC(=S)Nc1ccc(Oc2ccnc3cc(-c4nccn4CC)sc23)c(F)c1. The number of hydrogen-bond donors (Lipinski definition) is 2. The molecule has 0 aliphatic rings. The molecule has 39 heavy (non-hydrogen) atoms. The van der Waals surface area contributed by atoms with Gasteiger partial charge in [-0.15, -0.1) is 17.8 Å². The lowest BCUT2D eigenvalue weighted by Gasteiger charge is -2.12. The monoisotopic (exact) mass is 555 g/mol. The standard InChI is InChI=1S/C29H22FN5O2S2/c1-3-18-7-5-6-8-19(18)15-26(36)34-29(38)33-20-9-10-23(21(30)16-20)37-24-11-12-31-22-17-25(39-27(22)24)28-32-13-14-35(28)4-2/h1,5-14,16-17H,4,15H2,2H3,(H2,33,34,36,38). The first-order valence-electron chi connectivity index (χ1n) is 12.0. The number of halogens is 1. The van der Waals surface area contributed by atoms with E-state index in [1.54, 1.807) is 36.7 Å². The second-order valence-electron chi connectivity index (χ2n) is 8.40. The lowest BCUT2D eigenvalue weighted by molar-refractivity contribution is -0.119. The average molecular weight is 556 g/mol. The van der Waals surface area contributed by atoms with Gasteiger partial charge < -0.3 is 19.9 Å². The molecule has 0 spiro atoms. The molecule has 0 radical (unpaired) electrons. The van der Waals surface area contributed by atoms with Gasteiger partial charge in [-0.1, -0.05) is 24.1 Å². The van der Waals surface area contributed by atoms with Crippen molar-refractivity contribution in [1.82, 2.24) is 19.9 Å². The summed E-state index contributed by atoms with van der Waals surface area (Å²) < 4.78 is 23.8. The number of hydrogen-bond acceptors (Lipinski definition) is 6. The number of thiocarbonyl (C=S) groups is 1. The average Bonchev–Trinajstić information content (AvgIpc) is 3.57. The molecule has 0 unspecified atom stereocenters. The normalized spacial score (nSPS) is 10.7. The smallest absolute Gasteiger partial charge is 0.230 e. The molecule has 3 aromatic heterocycles. The van der Waals surface area contributed by atoms with E-state index >= 15 is 4.39 Å². The molecule has 5 aromatic rings. The third kappa shape index (κ3) is 5.80. The van der Waals surface area contributed by atoms with E-state index in [-0.39, 0.29) is 23.2 Å². The maximum absolute atomic E-state index is 15.0. The highest BCUT2D eigenvalue weighted by Gasteiger charge is 2.16. The van der Waals surface area contributed by atoms with Crippen LogP contribution in [0, 0.1) is 18.2 Å². The predicted molar refractivity (Wildman–Crippen MR) is 155 cm³/mol. The second-order valence-corrected chi connectivity index (χ2v) is 9.86.